The van der Waals surface area contributed by atoms with Crippen LogP contribution < -0.4 is 10.1 Å². The molecule has 32 heavy (non-hydrogen) atoms. The van der Waals surface area contributed by atoms with Crippen LogP contribution in [0.1, 0.15) is 21.7 Å². The van der Waals surface area contributed by atoms with E-state index in [-0.39, 0.29) is 23.7 Å². The number of rotatable bonds is 7. The summed E-state index contributed by atoms with van der Waals surface area (Å²) >= 11 is 0. The molecule has 0 fully saturated rings. The summed E-state index contributed by atoms with van der Waals surface area (Å²) in [5, 5.41) is 20.7. The Morgan fingerprint density at radius 3 is 2.38 bits per heavy atom. The van der Waals surface area contributed by atoms with Gasteiger partial charge in [-0.15, -0.1) is 0 Å². The van der Waals surface area contributed by atoms with Crippen LogP contribution in [0, 0.1) is 13.8 Å². The van der Waals surface area contributed by atoms with Crippen LogP contribution in [0.25, 0.3) is 16.9 Å². The van der Waals surface area contributed by atoms with Crippen LogP contribution in [0.15, 0.2) is 65.2 Å². The van der Waals surface area contributed by atoms with Gasteiger partial charge in [-0.25, -0.2) is 9.48 Å². The van der Waals surface area contributed by atoms with Gasteiger partial charge in [0.05, 0.1) is 17.1 Å². The molecule has 0 spiro atoms. The number of aryl methyl sites for hydroxylation is 1. The number of nitrogens with zero attached hydrogens (tertiary/aromatic N) is 3. The van der Waals surface area contributed by atoms with Crippen LogP contribution in [0.2, 0.25) is 0 Å². The normalized spacial score (nSPS) is 10.7. The van der Waals surface area contributed by atoms with Crippen molar-refractivity contribution in [3.05, 3.63) is 77.6 Å². The third kappa shape index (κ3) is 4.08. The Balaban J connectivity index is 1.62. The fraction of sp³-hybridized carbons (Fsp3) is 0.130. The average molecular weight is 432 g/mol. The fourth-order valence-corrected chi connectivity index (χ4v) is 3.38. The number of aromatic nitrogens is 3. The lowest BCUT2D eigenvalue weighted by atomic mass is 10.1. The van der Waals surface area contributed by atoms with Crippen molar-refractivity contribution in [3.8, 4) is 22.7 Å². The molecule has 0 aliphatic rings. The molecule has 0 radical (unpaired) electrons. The van der Waals surface area contributed by atoms with Gasteiger partial charge in [-0.1, -0.05) is 41.6 Å². The van der Waals surface area contributed by atoms with Crippen molar-refractivity contribution in [1.29, 1.82) is 0 Å². The molecular weight excluding hydrogens is 412 g/mol. The van der Waals surface area contributed by atoms with Gasteiger partial charge in [0, 0.05) is 5.56 Å². The number of ether oxygens (including phenoxy) is 1. The van der Waals surface area contributed by atoms with Gasteiger partial charge in [-0.3, -0.25) is 10.1 Å². The molecule has 0 saturated heterocycles. The maximum Gasteiger partial charge on any atom is 0.343 e. The zero-order valence-electron chi connectivity index (χ0n) is 17.4. The number of para-hydroxylation sites is 2. The van der Waals surface area contributed by atoms with Crippen LogP contribution in [0.4, 0.5) is 5.88 Å². The summed E-state index contributed by atoms with van der Waals surface area (Å²) in [7, 11) is 0. The Bertz CT molecular complexity index is 1260. The molecule has 0 atom stereocenters. The lowest BCUT2D eigenvalue weighted by molar-refractivity contribution is -0.118. The minimum atomic E-state index is -1.29. The summed E-state index contributed by atoms with van der Waals surface area (Å²) in [6, 6.07) is 18.2. The molecular formula is C23H20N4O5. The van der Waals surface area contributed by atoms with Crippen molar-refractivity contribution in [2.45, 2.75) is 13.8 Å². The van der Waals surface area contributed by atoms with E-state index < -0.39 is 11.9 Å². The minimum absolute atomic E-state index is 0.0916. The van der Waals surface area contributed by atoms with Crippen LogP contribution in [-0.4, -0.2) is 38.5 Å². The number of hydrogen-bond donors (Lipinski definition) is 2. The number of carboxylic acids is 1. The highest BCUT2D eigenvalue weighted by molar-refractivity contribution is 6.03. The third-order valence-corrected chi connectivity index (χ3v) is 4.80. The quantitative estimate of drug-likeness (QED) is 0.455. The summed E-state index contributed by atoms with van der Waals surface area (Å²) in [5.41, 5.74) is 2.45. The number of nitrogens with one attached hydrogen (secondary N) is 1. The van der Waals surface area contributed by atoms with Gasteiger partial charge in [0.25, 0.3) is 5.91 Å². The van der Waals surface area contributed by atoms with Gasteiger partial charge in [0.15, 0.2) is 12.2 Å². The van der Waals surface area contributed by atoms with Gasteiger partial charge in [-0.2, -0.15) is 5.10 Å². The summed E-state index contributed by atoms with van der Waals surface area (Å²) in [5.74, 6) is -1.61. The Morgan fingerprint density at radius 1 is 1.06 bits per heavy atom. The number of carboxylic acid groups (broad SMARTS) is 1. The SMILES string of the molecule is Cc1nn(-c2ccccc2)c(C)c1-c1noc(NC(=O)COc2ccccc2)c1C(=O)O. The van der Waals surface area contributed by atoms with Gasteiger partial charge in [0.1, 0.15) is 11.4 Å². The van der Waals surface area contributed by atoms with E-state index >= 15 is 0 Å². The maximum atomic E-state index is 12.3. The molecule has 0 unspecified atom stereocenters. The predicted octanol–water partition coefficient (Wildman–Crippen LogP) is 3.86. The molecule has 162 valence electrons. The van der Waals surface area contributed by atoms with E-state index in [0.717, 1.165) is 5.69 Å². The van der Waals surface area contributed by atoms with Crippen LogP contribution in [0.5, 0.6) is 5.75 Å². The largest absolute Gasteiger partial charge is 0.484 e. The van der Waals surface area contributed by atoms with Crippen molar-refractivity contribution < 1.29 is 24.0 Å². The van der Waals surface area contributed by atoms with Crippen LogP contribution >= 0.6 is 0 Å². The molecule has 1 amide bonds. The Kier molecular flexibility index (Phi) is 5.71. The summed E-state index contributed by atoms with van der Waals surface area (Å²) in [6.07, 6.45) is 0. The second kappa shape index (κ2) is 8.76. The summed E-state index contributed by atoms with van der Waals surface area (Å²) in [6.45, 7) is 3.26. The van der Waals surface area contributed by atoms with Crippen molar-refractivity contribution in [2.75, 3.05) is 11.9 Å². The average Bonchev–Trinajstić information content (AvgIpc) is 3.33. The molecule has 2 heterocycles. The number of carbonyl (C=O) groups excluding carboxylic acids is 1. The molecule has 0 saturated carbocycles. The lowest BCUT2D eigenvalue weighted by Crippen LogP contribution is -2.21. The first kappa shape index (κ1) is 20.9. The molecule has 0 aliphatic carbocycles. The molecule has 0 bridgehead atoms. The molecule has 2 N–H and O–H groups in total. The number of hydrogen-bond acceptors (Lipinski definition) is 6. The van der Waals surface area contributed by atoms with Crippen molar-refractivity contribution in [1.82, 2.24) is 14.9 Å². The highest BCUT2D eigenvalue weighted by Crippen LogP contribution is 2.34. The maximum absolute atomic E-state index is 12.3. The number of carbonyl (C=O) groups is 2. The zero-order valence-corrected chi connectivity index (χ0v) is 17.4. The van der Waals surface area contributed by atoms with E-state index in [2.05, 4.69) is 15.6 Å². The second-order valence-electron chi connectivity index (χ2n) is 6.98. The van der Waals surface area contributed by atoms with Crippen LogP contribution in [-0.2, 0) is 4.79 Å². The van der Waals surface area contributed by atoms with Gasteiger partial charge in [0.2, 0.25) is 5.88 Å². The molecule has 4 rings (SSSR count). The van der Waals surface area contributed by atoms with Crippen molar-refractivity contribution in [2.24, 2.45) is 0 Å². The van der Waals surface area contributed by atoms with Gasteiger partial charge < -0.3 is 14.4 Å². The Labute approximate surface area is 183 Å². The highest BCUT2D eigenvalue weighted by atomic mass is 16.5. The first-order valence-electron chi connectivity index (χ1n) is 9.78. The summed E-state index contributed by atoms with van der Waals surface area (Å²) < 4.78 is 12.3. The van der Waals surface area contributed by atoms with Crippen molar-refractivity contribution >= 4 is 17.8 Å². The standard InChI is InChI=1S/C23H20N4O5/c1-14-19(15(2)27(25-14)16-9-5-3-6-10-16)21-20(23(29)30)22(32-26-21)24-18(28)13-31-17-11-7-4-8-12-17/h3-12H,13H2,1-2H3,(H,24,28)(H,29,30). The van der Waals surface area contributed by atoms with E-state index in [9.17, 15) is 14.7 Å². The van der Waals surface area contributed by atoms with E-state index in [1.807, 2.05) is 43.3 Å². The molecule has 9 heteroatoms. The first-order valence-corrected chi connectivity index (χ1v) is 9.78. The van der Waals surface area contributed by atoms with E-state index in [1.54, 1.807) is 35.9 Å². The van der Waals surface area contributed by atoms with Crippen molar-refractivity contribution in [3.63, 3.8) is 0 Å². The molecule has 2 aromatic heterocycles. The monoisotopic (exact) mass is 432 g/mol. The van der Waals surface area contributed by atoms with Crippen LogP contribution in [0.3, 0.4) is 0 Å². The Hall–Kier alpha value is -4.40. The highest BCUT2D eigenvalue weighted by Gasteiger charge is 2.29. The zero-order chi connectivity index (χ0) is 22.7. The number of anilines is 1. The smallest absolute Gasteiger partial charge is 0.343 e. The topological polar surface area (TPSA) is 119 Å². The minimum Gasteiger partial charge on any atom is -0.484 e. The number of benzene rings is 2. The molecule has 4 aromatic rings. The molecule has 0 aliphatic heterocycles. The first-order chi connectivity index (χ1) is 15.5. The molecule has 9 nitrogen and oxygen atoms in total. The van der Waals surface area contributed by atoms with Gasteiger partial charge in [-0.05, 0) is 38.1 Å². The lowest BCUT2D eigenvalue weighted by Gasteiger charge is -2.06. The van der Waals surface area contributed by atoms with E-state index in [0.29, 0.717) is 22.7 Å². The number of amides is 1. The van der Waals surface area contributed by atoms with E-state index in [4.69, 9.17) is 9.26 Å². The summed E-state index contributed by atoms with van der Waals surface area (Å²) in [4.78, 5) is 24.3. The fourth-order valence-electron chi connectivity index (χ4n) is 3.38. The van der Waals surface area contributed by atoms with Gasteiger partial charge >= 0.3 is 5.97 Å². The predicted molar refractivity (Wildman–Crippen MR) is 116 cm³/mol. The third-order valence-electron chi connectivity index (χ3n) is 4.80. The Morgan fingerprint density at radius 2 is 1.72 bits per heavy atom. The second-order valence-corrected chi connectivity index (χ2v) is 6.98. The molecule has 2 aromatic carbocycles. The number of aromatic carboxylic acids is 1. The van der Waals surface area contributed by atoms with E-state index in [1.165, 1.54) is 0 Å².